The van der Waals surface area contributed by atoms with Crippen LogP contribution >= 0.6 is 7.82 Å². The molecule has 10 nitrogen and oxygen atoms in total. The molecular formula is C20H37O10P. The average molecular weight is 468 g/mol. The smallest absolute Gasteiger partial charge is 0.487 e. The Bertz CT molecular complexity index is 622. The second-order valence-electron chi connectivity index (χ2n) is 8.32. The third kappa shape index (κ3) is 11.9. The van der Waals surface area contributed by atoms with Gasteiger partial charge in [0.25, 0.3) is 5.76 Å². The van der Waals surface area contributed by atoms with Gasteiger partial charge in [0.2, 0.25) is 0 Å². The molecule has 0 aromatic rings. The Kier molecular flexibility index (Phi) is 12.1. The standard InChI is InChI=1S/C20H37O10P/c1-4-5-6-7-8-9-10-11-12-27-13-15(21)16-17(28-14-20(2,3)23)18(19(22)29-16)30-31(24,25)26/h15-16,21,23H,4-14H2,1-3H3,(H2,24,25,26)/t15-,16+/m0/s1. The Labute approximate surface area is 183 Å². The quantitative estimate of drug-likeness (QED) is 0.142. The fourth-order valence-electron chi connectivity index (χ4n) is 2.94. The van der Waals surface area contributed by atoms with Crippen molar-refractivity contribution in [3.8, 4) is 0 Å². The molecule has 1 heterocycles. The Morgan fingerprint density at radius 3 is 2.23 bits per heavy atom. The summed E-state index contributed by atoms with van der Waals surface area (Å²) in [6.07, 6.45) is 6.44. The van der Waals surface area contributed by atoms with E-state index in [2.05, 4.69) is 11.4 Å². The van der Waals surface area contributed by atoms with E-state index in [9.17, 15) is 19.6 Å². The van der Waals surface area contributed by atoms with Crippen molar-refractivity contribution in [3.63, 3.8) is 0 Å². The average Bonchev–Trinajstić information content (AvgIpc) is 2.95. The van der Waals surface area contributed by atoms with Crippen molar-refractivity contribution in [3.05, 3.63) is 11.5 Å². The van der Waals surface area contributed by atoms with E-state index in [0.29, 0.717) is 6.61 Å². The van der Waals surface area contributed by atoms with Gasteiger partial charge in [-0.05, 0) is 20.3 Å². The molecule has 0 radical (unpaired) electrons. The van der Waals surface area contributed by atoms with E-state index < -0.39 is 43.1 Å². The third-order valence-corrected chi connectivity index (χ3v) is 4.89. The highest BCUT2D eigenvalue weighted by atomic mass is 31.2. The molecule has 4 N–H and O–H groups in total. The Morgan fingerprint density at radius 2 is 1.68 bits per heavy atom. The van der Waals surface area contributed by atoms with Crippen LogP contribution in [-0.4, -0.2) is 63.6 Å². The highest BCUT2D eigenvalue weighted by molar-refractivity contribution is 7.46. The zero-order valence-electron chi connectivity index (χ0n) is 18.6. The normalized spacial score (nSPS) is 18.3. The van der Waals surface area contributed by atoms with Gasteiger partial charge >= 0.3 is 13.8 Å². The van der Waals surface area contributed by atoms with Gasteiger partial charge in [-0.2, -0.15) is 0 Å². The Balaban J connectivity index is 2.53. The first-order valence-corrected chi connectivity index (χ1v) is 12.3. The molecule has 0 unspecified atom stereocenters. The number of cyclic esters (lactones) is 1. The van der Waals surface area contributed by atoms with Crippen molar-refractivity contribution < 1.29 is 48.1 Å². The molecular weight excluding hydrogens is 431 g/mol. The first kappa shape index (κ1) is 27.9. The van der Waals surface area contributed by atoms with E-state index in [1.807, 2.05) is 0 Å². The number of hydrogen-bond acceptors (Lipinski definition) is 8. The number of hydrogen-bond donors (Lipinski definition) is 4. The monoisotopic (exact) mass is 468 g/mol. The number of aliphatic hydroxyl groups excluding tert-OH is 1. The number of aliphatic hydroxyl groups is 2. The summed E-state index contributed by atoms with van der Waals surface area (Å²) in [5.41, 5.74) is -1.31. The minimum absolute atomic E-state index is 0.174. The van der Waals surface area contributed by atoms with E-state index >= 15 is 0 Å². The summed E-state index contributed by atoms with van der Waals surface area (Å²) in [5.74, 6) is -2.40. The summed E-state index contributed by atoms with van der Waals surface area (Å²) in [6.45, 7) is 4.98. The summed E-state index contributed by atoms with van der Waals surface area (Å²) < 4.78 is 31.3. The number of esters is 1. The van der Waals surface area contributed by atoms with Gasteiger partial charge in [-0.3, -0.25) is 9.79 Å². The summed E-state index contributed by atoms with van der Waals surface area (Å²) in [4.78, 5) is 30.1. The fourth-order valence-corrected chi connectivity index (χ4v) is 3.34. The SMILES string of the molecule is CCCCCCCCCCOC[C@H](O)[C@H]1OC(=O)C(OP(=O)(O)O)=C1OCC(C)(C)O. The molecule has 0 saturated heterocycles. The van der Waals surface area contributed by atoms with Gasteiger partial charge in [-0.15, -0.1) is 0 Å². The lowest BCUT2D eigenvalue weighted by atomic mass is 10.1. The summed E-state index contributed by atoms with van der Waals surface area (Å²) >= 11 is 0. The first-order valence-electron chi connectivity index (χ1n) is 10.8. The van der Waals surface area contributed by atoms with Crippen LogP contribution in [0.1, 0.15) is 72.1 Å². The van der Waals surface area contributed by atoms with Crippen LogP contribution in [0.4, 0.5) is 0 Å². The third-order valence-electron chi connectivity index (χ3n) is 4.47. The van der Waals surface area contributed by atoms with Gasteiger partial charge in [0.15, 0.2) is 11.9 Å². The van der Waals surface area contributed by atoms with Crippen molar-refractivity contribution in [1.82, 2.24) is 0 Å². The number of carbonyl (C=O) groups is 1. The molecule has 1 rings (SSSR count). The van der Waals surface area contributed by atoms with E-state index in [1.165, 1.54) is 46.0 Å². The number of ether oxygens (including phenoxy) is 3. The van der Waals surface area contributed by atoms with Gasteiger partial charge in [-0.25, -0.2) is 9.36 Å². The highest BCUT2D eigenvalue weighted by Gasteiger charge is 2.44. The van der Waals surface area contributed by atoms with Crippen molar-refractivity contribution >= 4 is 13.8 Å². The molecule has 0 amide bonds. The van der Waals surface area contributed by atoms with Gasteiger partial charge in [0.1, 0.15) is 12.7 Å². The molecule has 0 saturated carbocycles. The molecule has 31 heavy (non-hydrogen) atoms. The van der Waals surface area contributed by atoms with E-state index in [-0.39, 0.29) is 13.2 Å². The predicted octanol–water partition coefficient (Wildman–Crippen LogP) is 2.54. The topological polar surface area (TPSA) is 152 Å². The number of rotatable bonds is 17. The van der Waals surface area contributed by atoms with Crippen LogP contribution in [0.15, 0.2) is 11.5 Å². The van der Waals surface area contributed by atoms with Crippen LogP contribution in [0.2, 0.25) is 0 Å². The van der Waals surface area contributed by atoms with Gasteiger partial charge in [0.05, 0.1) is 12.2 Å². The van der Waals surface area contributed by atoms with Crippen molar-refractivity contribution in [2.24, 2.45) is 0 Å². The number of unbranched alkanes of at least 4 members (excludes halogenated alkanes) is 7. The molecule has 1 aliphatic heterocycles. The first-order chi connectivity index (χ1) is 14.4. The van der Waals surface area contributed by atoms with E-state index in [0.717, 1.165) is 19.3 Å². The minimum atomic E-state index is -5.07. The molecule has 0 aromatic heterocycles. The van der Waals surface area contributed by atoms with Gasteiger partial charge in [-0.1, -0.05) is 51.9 Å². The van der Waals surface area contributed by atoms with Crippen LogP contribution in [0, 0.1) is 0 Å². The Hall–Kier alpha value is -1.16. The lowest BCUT2D eigenvalue weighted by Gasteiger charge is -2.23. The molecule has 2 atom stereocenters. The maximum atomic E-state index is 12.0. The Morgan fingerprint density at radius 1 is 1.10 bits per heavy atom. The number of carbonyl (C=O) groups excluding carboxylic acids is 1. The fraction of sp³-hybridized carbons (Fsp3) is 0.850. The van der Waals surface area contributed by atoms with E-state index in [1.54, 1.807) is 0 Å². The van der Waals surface area contributed by atoms with Gasteiger partial charge in [0, 0.05) is 6.61 Å². The lowest BCUT2D eigenvalue weighted by molar-refractivity contribution is -0.149. The van der Waals surface area contributed by atoms with Crippen molar-refractivity contribution in [1.29, 1.82) is 0 Å². The predicted molar refractivity (Wildman–Crippen MR) is 112 cm³/mol. The van der Waals surface area contributed by atoms with Crippen molar-refractivity contribution in [2.45, 2.75) is 89.9 Å². The largest absolute Gasteiger partial charge is 0.525 e. The molecule has 0 aliphatic carbocycles. The molecule has 0 aromatic carbocycles. The minimum Gasteiger partial charge on any atom is -0.487 e. The molecule has 11 heteroatoms. The maximum Gasteiger partial charge on any atom is 0.525 e. The molecule has 182 valence electrons. The van der Waals surface area contributed by atoms with Crippen LogP contribution < -0.4 is 0 Å². The number of phosphoric ester groups is 1. The second-order valence-corrected chi connectivity index (χ2v) is 9.48. The second kappa shape index (κ2) is 13.4. The zero-order chi connectivity index (χ0) is 23.5. The lowest BCUT2D eigenvalue weighted by Crippen LogP contribution is -2.35. The van der Waals surface area contributed by atoms with Crippen LogP contribution in [0.5, 0.6) is 0 Å². The maximum absolute atomic E-state index is 12.0. The van der Waals surface area contributed by atoms with E-state index in [4.69, 9.17) is 24.0 Å². The van der Waals surface area contributed by atoms with Crippen LogP contribution in [0.3, 0.4) is 0 Å². The van der Waals surface area contributed by atoms with Crippen LogP contribution in [-0.2, 0) is 28.1 Å². The van der Waals surface area contributed by atoms with Gasteiger partial charge < -0.3 is 28.9 Å². The summed E-state index contributed by atoms with van der Waals surface area (Å²) in [5, 5.41) is 20.2. The number of phosphoric acid groups is 1. The van der Waals surface area contributed by atoms with Crippen LogP contribution in [0.25, 0.3) is 0 Å². The van der Waals surface area contributed by atoms with Crippen molar-refractivity contribution in [2.75, 3.05) is 19.8 Å². The summed E-state index contributed by atoms with van der Waals surface area (Å²) in [7, 11) is -5.07. The molecule has 1 aliphatic rings. The zero-order valence-corrected chi connectivity index (χ0v) is 19.5. The molecule has 0 spiro atoms. The highest BCUT2D eigenvalue weighted by Crippen LogP contribution is 2.43. The molecule has 0 fully saturated rings. The molecule has 0 bridgehead atoms. The summed E-state index contributed by atoms with van der Waals surface area (Å²) in [6, 6.07) is 0.